The molecule has 3 aromatic rings. The van der Waals surface area contributed by atoms with Gasteiger partial charge in [0.2, 0.25) is 0 Å². The Morgan fingerprint density at radius 1 is 1.12 bits per heavy atom. The van der Waals surface area contributed by atoms with Crippen molar-refractivity contribution in [3.63, 3.8) is 0 Å². The van der Waals surface area contributed by atoms with Crippen molar-refractivity contribution in [2.75, 3.05) is 5.32 Å². The summed E-state index contributed by atoms with van der Waals surface area (Å²) in [6, 6.07) is 6.72. The SMILES string of the molecule is Cc1cc(C)c(NC(c2cn[nH]c2)c2ccccc2C(F)(F)F)cn1. The van der Waals surface area contributed by atoms with Crippen molar-refractivity contribution >= 4 is 5.69 Å². The molecule has 130 valence electrons. The largest absolute Gasteiger partial charge is 0.416 e. The third-order valence-corrected chi connectivity index (χ3v) is 3.98. The van der Waals surface area contributed by atoms with E-state index in [-0.39, 0.29) is 5.56 Å². The molecule has 0 aliphatic heterocycles. The second kappa shape index (κ2) is 6.58. The highest BCUT2D eigenvalue weighted by Crippen LogP contribution is 2.38. The number of aromatic amines is 1. The van der Waals surface area contributed by atoms with E-state index in [2.05, 4.69) is 20.5 Å². The van der Waals surface area contributed by atoms with Crippen LogP contribution in [0.25, 0.3) is 0 Å². The molecule has 0 saturated heterocycles. The highest BCUT2D eigenvalue weighted by Gasteiger charge is 2.35. The summed E-state index contributed by atoms with van der Waals surface area (Å²) in [6.07, 6.45) is 0.290. The summed E-state index contributed by atoms with van der Waals surface area (Å²) in [4.78, 5) is 4.23. The van der Waals surface area contributed by atoms with Crippen molar-refractivity contribution < 1.29 is 13.2 Å². The van der Waals surface area contributed by atoms with Gasteiger partial charge in [-0.05, 0) is 37.1 Å². The van der Waals surface area contributed by atoms with Crippen molar-refractivity contribution in [1.82, 2.24) is 15.2 Å². The lowest BCUT2D eigenvalue weighted by molar-refractivity contribution is -0.138. The van der Waals surface area contributed by atoms with Gasteiger partial charge in [0.1, 0.15) is 0 Å². The fourth-order valence-electron chi connectivity index (χ4n) is 2.77. The molecule has 0 bridgehead atoms. The Hall–Kier alpha value is -2.83. The number of anilines is 1. The number of benzene rings is 1. The minimum absolute atomic E-state index is 0.136. The first-order valence-corrected chi connectivity index (χ1v) is 7.71. The van der Waals surface area contributed by atoms with Gasteiger partial charge < -0.3 is 5.32 Å². The van der Waals surface area contributed by atoms with Gasteiger partial charge in [0, 0.05) is 17.5 Å². The molecule has 7 heteroatoms. The summed E-state index contributed by atoms with van der Waals surface area (Å²) >= 11 is 0. The first-order valence-electron chi connectivity index (χ1n) is 7.71. The van der Waals surface area contributed by atoms with Crippen molar-refractivity contribution in [2.45, 2.75) is 26.1 Å². The zero-order chi connectivity index (χ0) is 18.0. The van der Waals surface area contributed by atoms with Gasteiger partial charge in [-0.3, -0.25) is 10.1 Å². The third kappa shape index (κ3) is 3.65. The summed E-state index contributed by atoms with van der Waals surface area (Å²) < 4.78 is 40.4. The number of hydrogen-bond donors (Lipinski definition) is 2. The number of nitrogens with zero attached hydrogens (tertiary/aromatic N) is 2. The van der Waals surface area contributed by atoms with Crippen LogP contribution in [0.4, 0.5) is 18.9 Å². The summed E-state index contributed by atoms with van der Waals surface area (Å²) in [5.41, 5.74) is 2.50. The lowest BCUT2D eigenvalue weighted by Gasteiger charge is -2.24. The Balaban J connectivity index is 2.09. The number of halogens is 3. The highest BCUT2D eigenvalue weighted by atomic mass is 19.4. The highest BCUT2D eigenvalue weighted by molar-refractivity contribution is 5.54. The van der Waals surface area contributed by atoms with Crippen molar-refractivity contribution in [3.05, 3.63) is 76.9 Å². The molecule has 2 N–H and O–H groups in total. The second-order valence-corrected chi connectivity index (χ2v) is 5.83. The van der Waals surface area contributed by atoms with Crippen molar-refractivity contribution in [1.29, 1.82) is 0 Å². The number of rotatable bonds is 4. The molecule has 1 atom stereocenters. The van der Waals surface area contributed by atoms with Crippen molar-refractivity contribution in [2.24, 2.45) is 0 Å². The van der Waals surface area contributed by atoms with Crippen molar-refractivity contribution in [3.8, 4) is 0 Å². The quantitative estimate of drug-likeness (QED) is 0.723. The second-order valence-electron chi connectivity index (χ2n) is 5.83. The van der Waals surface area contributed by atoms with E-state index < -0.39 is 17.8 Å². The lowest BCUT2D eigenvalue weighted by atomic mass is 9.95. The maximum atomic E-state index is 13.5. The first-order chi connectivity index (χ1) is 11.9. The van der Waals surface area contributed by atoms with Crippen LogP contribution in [0.3, 0.4) is 0 Å². The summed E-state index contributed by atoms with van der Waals surface area (Å²) in [6.45, 7) is 3.75. The van der Waals surface area contributed by atoms with Crippen LogP contribution in [0, 0.1) is 13.8 Å². The van der Waals surface area contributed by atoms with E-state index in [0.29, 0.717) is 11.3 Å². The molecule has 0 aliphatic carbocycles. The van der Waals surface area contributed by atoms with E-state index in [1.54, 1.807) is 18.5 Å². The van der Waals surface area contributed by atoms with Crippen LogP contribution in [-0.4, -0.2) is 15.2 Å². The van der Waals surface area contributed by atoms with Crippen LogP contribution in [0.2, 0.25) is 0 Å². The van der Waals surface area contributed by atoms with Crippen LogP contribution in [0.5, 0.6) is 0 Å². The monoisotopic (exact) mass is 346 g/mol. The van der Waals surface area contributed by atoms with Gasteiger partial charge in [-0.25, -0.2) is 0 Å². The van der Waals surface area contributed by atoms with Gasteiger partial charge in [-0.15, -0.1) is 0 Å². The smallest absolute Gasteiger partial charge is 0.373 e. The lowest BCUT2D eigenvalue weighted by Crippen LogP contribution is -2.18. The zero-order valence-corrected chi connectivity index (χ0v) is 13.7. The molecule has 2 aromatic heterocycles. The average Bonchev–Trinajstić information content (AvgIpc) is 3.07. The number of aryl methyl sites for hydroxylation is 2. The molecule has 0 radical (unpaired) electrons. The van der Waals surface area contributed by atoms with E-state index in [0.717, 1.165) is 17.3 Å². The van der Waals surface area contributed by atoms with Gasteiger partial charge >= 0.3 is 6.18 Å². The predicted octanol–water partition coefficient (Wildman–Crippen LogP) is 4.64. The molecule has 2 heterocycles. The fraction of sp³-hybridized carbons (Fsp3) is 0.222. The number of H-pyrrole nitrogens is 1. The molecule has 0 spiro atoms. The standard InChI is InChI=1S/C18H17F3N4/c1-11-7-12(2)22-10-16(11)25-17(13-8-23-24-9-13)14-5-3-4-6-15(14)18(19,20)21/h3-10,17,25H,1-2H3,(H,23,24). The van der Waals surface area contributed by atoms with E-state index in [1.165, 1.54) is 18.3 Å². The molecule has 0 fully saturated rings. The van der Waals surface area contributed by atoms with E-state index in [1.807, 2.05) is 19.9 Å². The zero-order valence-electron chi connectivity index (χ0n) is 13.7. The average molecular weight is 346 g/mol. The van der Waals surface area contributed by atoms with Crippen LogP contribution in [0.15, 0.2) is 48.9 Å². The van der Waals surface area contributed by atoms with E-state index in [9.17, 15) is 13.2 Å². The van der Waals surface area contributed by atoms with Gasteiger partial charge in [-0.2, -0.15) is 18.3 Å². The van der Waals surface area contributed by atoms with E-state index in [4.69, 9.17) is 0 Å². The van der Waals surface area contributed by atoms with Crippen LogP contribution in [0.1, 0.15) is 34.0 Å². The molecule has 1 aromatic carbocycles. The van der Waals surface area contributed by atoms with Gasteiger partial charge in [0.15, 0.2) is 0 Å². The summed E-state index contributed by atoms with van der Waals surface area (Å²) in [5, 5.41) is 9.72. The normalized spacial score (nSPS) is 12.8. The molecule has 1 unspecified atom stereocenters. The number of alkyl halides is 3. The fourth-order valence-corrected chi connectivity index (χ4v) is 2.77. The molecular weight excluding hydrogens is 329 g/mol. The topological polar surface area (TPSA) is 53.6 Å². The Labute approximate surface area is 143 Å². The number of nitrogens with one attached hydrogen (secondary N) is 2. The van der Waals surface area contributed by atoms with Gasteiger partial charge in [0.05, 0.1) is 29.7 Å². The van der Waals surface area contributed by atoms with Crippen LogP contribution >= 0.6 is 0 Å². The summed E-state index contributed by atoms with van der Waals surface area (Å²) in [7, 11) is 0. The Morgan fingerprint density at radius 3 is 2.52 bits per heavy atom. The molecular formula is C18H17F3N4. The molecule has 0 saturated carbocycles. The first kappa shape index (κ1) is 17.0. The van der Waals surface area contributed by atoms with Crippen LogP contribution < -0.4 is 5.32 Å². The molecule has 4 nitrogen and oxygen atoms in total. The third-order valence-electron chi connectivity index (χ3n) is 3.98. The maximum Gasteiger partial charge on any atom is 0.416 e. The molecule has 3 rings (SSSR count). The van der Waals surface area contributed by atoms with Gasteiger partial charge in [-0.1, -0.05) is 18.2 Å². The minimum Gasteiger partial charge on any atom is -0.373 e. The molecule has 0 aliphatic rings. The summed E-state index contributed by atoms with van der Waals surface area (Å²) in [5.74, 6) is 0. The Bertz CT molecular complexity index is 857. The molecule has 0 amide bonds. The Morgan fingerprint density at radius 2 is 1.88 bits per heavy atom. The Kier molecular flexibility index (Phi) is 4.48. The number of pyridine rings is 1. The minimum atomic E-state index is -4.44. The number of hydrogen-bond acceptors (Lipinski definition) is 3. The predicted molar refractivity (Wildman–Crippen MR) is 89.2 cm³/mol. The van der Waals surface area contributed by atoms with Crippen LogP contribution in [-0.2, 0) is 6.18 Å². The maximum absolute atomic E-state index is 13.5. The van der Waals surface area contributed by atoms with E-state index >= 15 is 0 Å². The molecule has 25 heavy (non-hydrogen) atoms. The van der Waals surface area contributed by atoms with Gasteiger partial charge in [0.25, 0.3) is 0 Å². The number of aromatic nitrogens is 3.